The second-order valence-electron chi connectivity index (χ2n) is 16.4. The highest BCUT2D eigenvalue weighted by Gasteiger charge is 2.31. The van der Waals surface area contributed by atoms with Crippen molar-refractivity contribution in [2.75, 3.05) is 4.90 Å². The lowest BCUT2D eigenvalue weighted by Crippen LogP contribution is -2.17. The molecule has 5 heteroatoms. The van der Waals surface area contributed by atoms with Gasteiger partial charge in [-0.25, -0.2) is 9.97 Å². The Hall–Kier alpha value is -8.12. The second-order valence-corrected chi connectivity index (χ2v) is 17.5. The minimum Gasteiger partial charge on any atom is -0.306 e. The molecule has 0 aliphatic carbocycles. The summed E-state index contributed by atoms with van der Waals surface area (Å²) in [7, 11) is 0. The molecule has 13 aromatic rings. The zero-order chi connectivity index (χ0) is 41.2. The predicted molar refractivity (Wildman–Crippen MR) is 266 cm³/mol. The molecule has 1 aliphatic heterocycles. The molecule has 3 aromatic heterocycles. The quantitative estimate of drug-likeness (QED) is 0.166. The van der Waals surface area contributed by atoms with Gasteiger partial charge in [-0.15, -0.1) is 11.3 Å². The molecule has 14 rings (SSSR count). The number of rotatable bonds is 4. The van der Waals surface area contributed by atoms with Crippen LogP contribution < -0.4 is 4.90 Å². The number of fused-ring (bicyclic) bond motifs is 15. The molecule has 0 radical (unpaired) electrons. The molecular weight excluding hydrogens is 785 g/mol. The second kappa shape index (κ2) is 13.2. The van der Waals surface area contributed by atoms with Gasteiger partial charge < -0.3 is 9.47 Å². The van der Waals surface area contributed by atoms with Gasteiger partial charge >= 0.3 is 0 Å². The molecule has 10 aromatic carbocycles. The van der Waals surface area contributed by atoms with Crippen LogP contribution in [0.3, 0.4) is 0 Å². The number of hydrogen-bond donors (Lipinski definition) is 0. The van der Waals surface area contributed by atoms with Gasteiger partial charge in [-0.2, -0.15) is 0 Å². The normalized spacial score (nSPS) is 12.4. The Morgan fingerprint density at radius 2 is 1.00 bits per heavy atom. The Bertz CT molecular complexity index is 4020. The largest absolute Gasteiger partial charge is 0.306 e. The lowest BCUT2D eigenvalue weighted by Gasteiger charge is -2.33. The fraction of sp³-hybridized carbons (Fsp3) is 0. The Kier molecular flexibility index (Phi) is 7.24. The van der Waals surface area contributed by atoms with Crippen molar-refractivity contribution in [2.45, 2.75) is 0 Å². The number of anilines is 3. The van der Waals surface area contributed by atoms with E-state index in [-0.39, 0.29) is 0 Å². The number of hydrogen-bond acceptors (Lipinski definition) is 4. The lowest BCUT2D eigenvalue weighted by molar-refractivity contribution is 1.11. The van der Waals surface area contributed by atoms with Gasteiger partial charge in [0.2, 0.25) is 0 Å². The summed E-state index contributed by atoms with van der Waals surface area (Å²) in [5.41, 5.74) is 13.2. The van der Waals surface area contributed by atoms with Gasteiger partial charge in [0.15, 0.2) is 5.82 Å². The van der Waals surface area contributed by atoms with E-state index in [1.54, 1.807) is 0 Å². The summed E-state index contributed by atoms with van der Waals surface area (Å²) in [4.78, 5) is 13.3. The first-order valence-electron chi connectivity index (χ1n) is 21.4. The van der Waals surface area contributed by atoms with Crippen molar-refractivity contribution in [1.29, 1.82) is 0 Å². The highest BCUT2D eigenvalue weighted by molar-refractivity contribution is 7.27. The highest BCUT2D eigenvalue weighted by Crippen LogP contribution is 2.55. The van der Waals surface area contributed by atoms with Crippen molar-refractivity contribution in [1.82, 2.24) is 14.5 Å². The molecular formula is C58H34N4S. The zero-order valence-corrected chi connectivity index (χ0v) is 34.6. The fourth-order valence-electron chi connectivity index (χ4n) is 10.4. The third-order valence-corrected chi connectivity index (χ3v) is 14.3. The third-order valence-electron chi connectivity index (χ3n) is 13.1. The van der Waals surface area contributed by atoms with E-state index in [0.29, 0.717) is 5.82 Å². The maximum atomic E-state index is 5.64. The number of benzene rings is 10. The molecule has 0 fully saturated rings. The van der Waals surface area contributed by atoms with Crippen LogP contribution in [0.1, 0.15) is 0 Å². The van der Waals surface area contributed by atoms with Gasteiger partial charge in [-0.1, -0.05) is 158 Å². The molecule has 0 atom stereocenters. The van der Waals surface area contributed by atoms with E-state index < -0.39 is 0 Å². The van der Waals surface area contributed by atoms with Gasteiger partial charge in [0.05, 0.1) is 39.3 Å². The van der Waals surface area contributed by atoms with Gasteiger partial charge in [-0.05, 0) is 70.4 Å². The molecule has 0 spiro atoms. The van der Waals surface area contributed by atoms with Crippen molar-refractivity contribution < 1.29 is 0 Å². The number of nitrogens with zero attached hydrogens (tertiary/aromatic N) is 4. The molecule has 0 amide bonds. The number of thiophene rings is 1. The monoisotopic (exact) mass is 818 g/mol. The molecule has 0 saturated carbocycles. The molecule has 0 unspecified atom stereocenters. The Balaban J connectivity index is 1.18. The smallest absolute Gasteiger partial charge is 0.160 e. The van der Waals surface area contributed by atoms with Crippen LogP contribution >= 0.6 is 11.3 Å². The Labute approximate surface area is 366 Å². The number of para-hydroxylation sites is 5. The minimum atomic E-state index is 0.705. The first-order valence-corrected chi connectivity index (χ1v) is 22.2. The summed E-state index contributed by atoms with van der Waals surface area (Å²) in [6, 6.07) is 74.6. The van der Waals surface area contributed by atoms with Crippen molar-refractivity contribution in [3.63, 3.8) is 0 Å². The van der Waals surface area contributed by atoms with Gasteiger partial charge in [-0.3, -0.25) is 0 Å². The van der Waals surface area contributed by atoms with Gasteiger partial charge in [0.1, 0.15) is 0 Å². The predicted octanol–water partition coefficient (Wildman–Crippen LogP) is 16.2. The molecule has 0 saturated heterocycles. The van der Waals surface area contributed by atoms with E-state index in [2.05, 4.69) is 216 Å². The van der Waals surface area contributed by atoms with Crippen molar-refractivity contribution in [3.8, 4) is 39.5 Å². The minimum absolute atomic E-state index is 0.705. The Morgan fingerprint density at radius 3 is 1.81 bits per heavy atom. The number of aromatic nitrogens is 3. The standard InChI is InChI=1S/C58H34N4S/c1-3-16-35(17-4-1)36-30-32-37(33-31-36)58-59-45-25-11-9-22-41(45)55(60-58)44-34-49-53(54-51(44)39-20-7-8-21-40(39)52-42-23-10-14-29-50(42)63-57(52)54)43-24-15-28-48-56(43)62(49)47-27-13-12-26-46(47)61(48)38-18-5-2-6-19-38/h1-34H. The SMILES string of the molecule is c1ccc(-c2ccc(-c3nc(-c4cc5c(c6cccc7c6n5-c5ccccc5N7c5ccccc5)c5c6sc7ccccc7c6c6ccccc6c45)c4ccccc4n3)cc2)cc1. The van der Waals surface area contributed by atoms with Crippen molar-refractivity contribution in [3.05, 3.63) is 206 Å². The molecule has 292 valence electrons. The summed E-state index contributed by atoms with van der Waals surface area (Å²) < 4.78 is 5.11. The summed E-state index contributed by atoms with van der Waals surface area (Å²) in [6.45, 7) is 0. The molecule has 0 bridgehead atoms. The van der Waals surface area contributed by atoms with Gasteiger partial charge in [0.25, 0.3) is 0 Å². The zero-order valence-electron chi connectivity index (χ0n) is 33.8. The maximum Gasteiger partial charge on any atom is 0.160 e. The molecule has 63 heavy (non-hydrogen) atoms. The Morgan fingerprint density at radius 1 is 0.397 bits per heavy atom. The topological polar surface area (TPSA) is 34.0 Å². The van der Waals surface area contributed by atoms with Crippen LogP contribution in [0.5, 0.6) is 0 Å². The lowest BCUT2D eigenvalue weighted by atomic mass is 9.89. The summed E-state index contributed by atoms with van der Waals surface area (Å²) in [5, 5.41) is 11.1. The first-order chi connectivity index (χ1) is 31.3. The summed E-state index contributed by atoms with van der Waals surface area (Å²) in [6.07, 6.45) is 0. The fourth-order valence-corrected chi connectivity index (χ4v) is 11.7. The average Bonchev–Trinajstić information content (AvgIpc) is 3.91. The first kappa shape index (κ1) is 34.6. The summed E-state index contributed by atoms with van der Waals surface area (Å²) in [5.74, 6) is 0.705. The van der Waals surface area contributed by atoms with E-state index in [4.69, 9.17) is 9.97 Å². The third kappa shape index (κ3) is 4.91. The van der Waals surface area contributed by atoms with E-state index >= 15 is 0 Å². The highest BCUT2D eigenvalue weighted by atomic mass is 32.1. The average molecular weight is 819 g/mol. The summed E-state index contributed by atoms with van der Waals surface area (Å²) >= 11 is 1.90. The van der Waals surface area contributed by atoms with Crippen LogP contribution in [0.2, 0.25) is 0 Å². The van der Waals surface area contributed by atoms with E-state index in [0.717, 1.165) is 61.6 Å². The van der Waals surface area contributed by atoms with E-state index in [1.807, 2.05) is 11.3 Å². The van der Waals surface area contributed by atoms with Crippen LogP contribution in [0.15, 0.2) is 206 Å². The molecule has 4 heterocycles. The molecule has 4 nitrogen and oxygen atoms in total. The maximum absolute atomic E-state index is 5.64. The van der Waals surface area contributed by atoms with E-state index in [1.165, 1.54) is 63.6 Å². The molecule has 1 aliphatic rings. The van der Waals surface area contributed by atoms with Crippen LogP contribution in [-0.4, -0.2) is 14.5 Å². The van der Waals surface area contributed by atoms with Crippen LogP contribution in [-0.2, 0) is 0 Å². The molecule has 0 N–H and O–H groups in total. The van der Waals surface area contributed by atoms with Gasteiger partial charge in [0, 0.05) is 63.9 Å². The van der Waals surface area contributed by atoms with Crippen LogP contribution in [0.25, 0.3) is 114 Å². The van der Waals surface area contributed by atoms with Crippen molar-refractivity contribution in [2.24, 2.45) is 0 Å². The van der Waals surface area contributed by atoms with Crippen LogP contribution in [0, 0.1) is 0 Å². The van der Waals surface area contributed by atoms with Crippen LogP contribution in [0.4, 0.5) is 17.1 Å². The van der Waals surface area contributed by atoms with E-state index in [9.17, 15) is 0 Å². The van der Waals surface area contributed by atoms with Crippen molar-refractivity contribution >= 4 is 103 Å².